The van der Waals surface area contributed by atoms with Gasteiger partial charge in [0.2, 0.25) is 0 Å². The second-order valence-corrected chi connectivity index (χ2v) is 4.83. The highest BCUT2D eigenvalue weighted by Gasteiger charge is 2.22. The van der Waals surface area contributed by atoms with E-state index in [0.29, 0.717) is 23.2 Å². The van der Waals surface area contributed by atoms with Gasteiger partial charge in [-0.15, -0.1) is 6.58 Å². The van der Waals surface area contributed by atoms with Gasteiger partial charge in [-0.3, -0.25) is 14.8 Å². The number of aromatic nitrogens is 2. The molecule has 0 bridgehead atoms. The maximum atomic E-state index is 11.1. The zero-order valence-corrected chi connectivity index (χ0v) is 12.5. The number of benzene rings is 1. The number of amides is 1. The van der Waals surface area contributed by atoms with Gasteiger partial charge in [0.15, 0.2) is 0 Å². The Morgan fingerprint density at radius 2 is 2.35 bits per heavy atom. The first-order valence-electron chi connectivity index (χ1n) is 6.77. The molecular formula is C15H16N4O4. The third kappa shape index (κ3) is 3.54. The van der Waals surface area contributed by atoms with Crippen LogP contribution >= 0.6 is 0 Å². The van der Waals surface area contributed by atoms with E-state index < -0.39 is 17.1 Å². The van der Waals surface area contributed by atoms with Crippen LogP contribution in [-0.4, -0.2) is 20.8 Å². The average molecular weight is 316 g/mol. The van der Waals surface area contributed by atoms with Crippen LogP contribution in [0, 0.1) is 10.1 Å². The summed E-state index contributed by atoms with van der Waals surface area (Å²) in [5, 5.41) is 15.1. The van der Waals surface area contributed by atoms with Crippen molar-refractivity contribution in [1.82, 2.24) is 9.78 Å². The Morgan fingerprint density at radius 1 is 1.61 bits per heavy atom. The molecule has 2 aromatic rings. The minimum absolute atomic E-state index is 0.0965. The summed E-state index contributed by atoms with van der Waals surface area (Å²) < 4.78 is 6.49. The zero-order chi connectivity index (χ0) is 17.0. The molecule has 120 valence electrons. The normalized spacial score (nSPS) is 11.7. The van der Waals surface area contributed by atoms with Crippen LogP contribution in [0.4, 0.5) is 10.5 Å². The van der Waals surface area contributed by atoms with Crippen molar-refractivity contribution in [3.63, 3.8) is 0 Å². The van der Waals surface area contributed by atoms with E-state index in [1.165, 1.54) is 10.9 Å². The quantitative estimate of drug-likeness (QED) is 0.500. The molecule has 0 saturated carbocycles. The molecule has 0 unspecified atom stereocenters. The monoisotopic (exact) mass is 316 g/mol. The molecule has 0 aliphatic carbocycles. The Kier molecular flexibility index (Phi) is 4.75. The lowest BCUT2D eigenvalue weighted by molar-refractivity contribution is -0.384. The molecule has 2 rings (SSSR count). The van der Waals surface area contributed by atoms with Gasteiger partial charge in [-0.1, -0.05) is 24.3 Å². The summed E-state index contributed by atoms with van der Waals surface area (Å²) in [7, 11) is 1.62. The molecule has 8 heteroatoms. The lowest BCUT2D eigenvalue weighted by atomic mass is 10.0. The molecule has 1 heterocycles. The molecule has 0 radical (unpaired) electrons. The van der Waals surface area contributed by atoms with Crippen molar-refractivity contribution in [3.05, 3.63) is 58.8 Å². The molecular weight excluding hydrogens is 300 g/mol. The molecule has 0 fully saturated rings. The first-order chi connectivity index (χ1) is 10.9. The third-order valence-electron chi connectivity index (χ3n) is 3.29. The molecule has 1 amide bonds. The Bertz CT molecular complexity index is 754. The molecule has 23 heavy (non-hydrogen) atoms. The minimum Gasteiger partial charge on any atom is -0.441 e. The molecule has 0 saturated heterocycles. The van der Waals surface area contributed by atoms with Crippen molar-refractivity contribution < 1.29 is 14.5 Å². The summed E-state index contributed by atoms with van der Waals surface area (Å²) >= 11 is 0. The molecule has 1 aromatic heterocycles. The van der Waals surface area contributed by atoms with Crippen LogP contribution < -0.4 is 5.73 Å². The SMILES string of the molecule is C=CC[C@H](OC(N)=O)c1cccc(-c2c([N+](=O)[O-])cnn2C)c1. The van der Waals surface area contributed by atoms with Gasteiger partial charge >= 0.3 is 11.8 Å². The summed E-state index contributed by atoms with van der Waals surface area (Å²) in [6.07, 6.45) is 1.68. The highest BCUT2D eigenvalue weighted by Crippen LogP contribution is 2.32. The summed E-state index contributed by atoms with van der Waals surface area (Å²) in [4.78, 5) is 21.7. The third-order valence-corrected chi connectivity index (χ3v) is 3.29. The second kappa shape index (κ2) is 6.73. The van der Waals surface area contributed by atoms with E-state index in [4.69, 9.17) is 10.5 Å². The lowest BCUT2D eigenvalue weighted by Gasteiger charge is -2.16. The number of hydrogen-bond donors (Lipinski definition) is 1. The Labute approximate surface area is 132 Å². The van der Waals surface area contributed by atoms with Gasteiger partial charge in [-0.25, -0.2) is 4.79 Å². The topological polar surface area (TPSA) is 113 Å². The van der Waals surface area contributed by atoms with Gasteiger partial charge in [0.25, 0.3) is 0 Å². The van der Waals surface area contributed by atoms with Crippen LogP contribution in [0.1, 0.15) is 18.1 Å². The number of carbonyl (C=O) groups is 1. The number of hydrogen-bond acceptors (Lipinski definition) is 5. The van der Waals surface area contributed by atoms with Crippen molar-refractivity contribution in [2.24, 2.45) is 12.8 Å². The van der Waals surface area contributed by atoms with Gasteiger partial charge in [-0.05, 0) is 11.6 Å². The standard InChI is InChI=1S/C15H16N4O4/c1-3-5-13(23-15(16)20)10-6-4-7-11(8-10)14-12(19(21)22)9-17-18(14)2/h3-4,6-9,13H,1,5H2,2H3,(H2,16,20)/t13-/m0/s1. The van der Waals surface area contributed by atoms with E-state index in [9.17, 15) is 14.9 Å². The van der Waals surface area contributed by atoms with E-state index in [-0.39, 0.29) is 5.69 Å². The summed E-state index contributed by atoms with van der Waals surface area (Å²) in [6.45, 7) is 3.62. The van der Waals surface area contributed by atoms with Gasteiger partial charge in [0.1, 0.15) is 18.0 Å². The van der Waals surface area contributed by atoms with Gasteiger partial charge < -0.3 is 10.5 Å². The molecule has 1 atom stereocenters. The van der Waals surface area contributed by atoms with E-state index in [2.05, 4.69) is 11.7 Å². The highest BCUT2D eigenvalue weighted by molar-refractivity contribution is 5.70. The van der Waals surface area contributed by atoms with E-state index in [1.807, 2.05) is 0 Å². The van der Waals surface area contributed by atoms with Gasteiger partial charge in [-0.2, -0.15) is 5.10 Å². The zero-order valence-electron chi connectivity index (χ0n) is 12.5. The molecule has 2 N–H and O–H groups in total. The maximum absolute atomic E-state index is 11.1. The van der Waals surface area contributed by atoms with Crippen LogP contribution in [-0.2, 0) is 11.8 Å². The van der Waals surface area contributed by atoms with Crippen LogP contribution in [0.25, 0.3) is 11.3 Å². The minimum atomic E-state index is -0.895. The van der Waals surface area contributed by atoms with Crippen LogP contribution in [0.2, 0.25) is 0 Å². The number of nitro groups is 1. The smallest absolute Gasteiger partial charge is 0.405 e. The molecule has 0 aliphatic rings. The first-order valence-corrected chi connectivity index (χ1v) is 6.77. The van der Waals surface area contributed by atoms with E-state index in [0.717, 1.165) is 0 Å². The average Bonchev–Trinajstić information content (AvgIpc) is 2.88. The van der Waals surface area contributed by atoms with Crippen molar-refractivity contribution in [2.75, 3.05) is 0 Å². The van der Waals surface area contributed by atoms with Crippen molar-refractivity contribution >= 4 is 11.8 Å². The predicted octanol–water partition coefficient (Wildman–Crippen LogP) is 2.71. The van der Waals surface area contributed by atoms with E-state index >= 15 is 0 Å². The fourth-order valence-corrected chi connectivity index (χ4v) is 2.32. The maximum Gasteiger partial charge on any atom is 0.405 e. The highest BCUT2D eigenvalue weighted by atomic mass is 16.6. The van der Waals surface area contributed by atoms with Gasteiger partial charge in [0, 0.05) is 19.0 Å². The molecule has 0 aliphatic heterocycles. The number of carbonyl (C=O) groups excluding carboxylic acids is 1. The molecule has 8 nitrogen and oxygen atoms in total. The molecule has 1 aromatic carbocycles. The van der Waals surface area contributed by atoms with Crippen molar-refractivity contribution in [2.45, 2.75) is 12.5 Å². The summed E-state index contributed by atoms with van der Waals surface area (Å²) in [5.74, 6) is 0. The Hall–Kier alpha value is -3.16. The number of primary amides is 1. The predicted molar refractivity (Wildman–Crippen MR) is 83.5 cm³/mol. The van der Waals surface area contributed by atoms with Crippen LogP contribution in [0.5, 0.6) is 0 Å². The van der Waals surface area contributed by atoms with Crippen molar-refractivity contribution in [3.8, 4) is 11.3 Å². The summed E-state index contributed by atoms with van der Waals surface area (Å²) in [6, 6.07) is 6.91. The number of aryl methyl sites for hydroxylation is 1. The molecule has 0 spiro atoms. The number of rotatable bonds is 6. The summed E-state index contributed by atoms with van der Waals surface area (Å²) in [5.41, 5.74) is 6.61. The van der Waals surface area contributed by atoms with Gasteiger partial charge in [0.05, 0.1) is 4.92 Å². The lowest BCUT2D eigenvalue weighted by Crippen LogP contribution is -2.17. The number of nitrogens with two attached hydrogens (primary N) is 1. The number of nitrogens with zero attached hydrogens (tertiary/aromatic N) is 3. The van der Waals surface area contributed by atoms with Crippen LogP contribution in [0.15, 0.2) is 43.1 Å². The fraction of sp³-hybridized carbons (Fsp3) is 0.200. The second-order valence-electron chi connectivity index (χ2n) is 4.83. The van der Waals surface area contributed by atoms with E-state index in [1.54, 1.807) is 37.4 Å². The Morgan fingerprint density at radius 3 is 2.96 bits per heavy atom. The largest absolute Gasteiger partial charge is 0.441 e. The number of ether oxygens (including phenoxy) is 1. The Balaban J connectivity index is 2.47. The van der Waals surface area contributed by atoms with Crippen LogP contribution in [0.3, 0.4) is 0 Å². The fourth-order valence-electron chi connectivity index (χ4n) is 2.32. The first kappa shape index (κ1) is 16.2. The van der Waals surface area contributed by atoms with Crippen molar-refractivity contribution in [1.29, 1.82) is 0 Å².